The second-order valence-corrected chi connectivity index (χ2v) is 9.73. The van der Waals surface area contributed by atoms with E-state index in [2.05, 4.69) is 73.6 Å². The molecule has 5 rings (SSSR count). The summed E-state index contributed by atoms with van der Waals surface area (Å²) in [6.45, 7) is 4.62. The summed E-state index contributed by atoms with van der Waals surface area (Å²) in [4.78, 5) is 18.7. The van der Waals surface area contributed by atoms with Gasteiger partial charge < -0.3 is 19.8 Å². The Balaban J connectivity index is 1.15. The van der Waals surface area contributed by atoms with E-state index in [-0.39, 0.29) is 12.0 Å². The number of imidazole rings is 1. The molecule has 2 aromatic carbocycles. The second kappa shape index (κ2) is 12.1. The summed E-state index contributed by atoms with van der Waals surface area (Å²) in [5.74, 6) is -0.306. The number of hydrogen-bond acceptors (Lipinski definition) is 6. The highest BCUT2D eigenvalue weighted by atomic mass is 16.5. The summed E-state index contributed by atoms with van der Waals surface area (Å²) in [5, 5.41) is 7.52. The summed E-state index contributed by atoms with van der Waals surface area (Å²) >= 11 is 0. The molecule has 7 nitrogen and oxygen atoms in total. The molecule has 1 aliphatic rings. The first-order valence-electron chi connectivity index (χ1n) is 13.0. The third-order valence-corrected chi connectivity index (χ3v) is 7.11. The average Bonchev–Trinajstić information content (AvgIpc) is 3.42. The van der Waals surface area contributed by atoms with Gasteiger partial charge in [0.2, 0.25) is 0 Å². The third-order valence-electron chi connectivity index (χ3n) is 7.11. The van der Waals surface area contributed by atoms with E-state index in [4.69, 9.17) is 4.74 Å². The topological polar surface area (TPSA) is 70.9 Å². The summed E-state index contributed by atoms with van der Waals surface area (Å²) in [5.41, 5.74) is 5.24. The molecule has 2 N–H and O–H groups in total. The maximum absolute atomic E-state index is 11.9. The van der Waals surface area contributed by atoms with Gasteiger partial charge in [0, 0.05) is 50.3 Å². The van der Waals surface area contributed by atoms with Crippen LogP contribution in [0.2, 0.25) is 0 Å². The zero-order valence-corrected chi connectivity index (χ0v) is 21.3. The maximum atomic E-state index is 11.9. The molecule has 4 aromatic rings. The quantitative estimate of drug-likeness (QED) is 0.320. The molecule has 0 bridgehead atoms. The molecule has 1 fully saturated rings. The van der Waals surface area contributed by atoms with E-state index in [9.17, 15) is 4.79 Å². The highest BCUT2D eigenvalue weighted by Crippen LogP contribution is 2.19. The van der Waals surface area contributed by atoms with E-state index < -0.39 is 0 Å². The van der Waals surface area contributed by atoms with Crippen molar-refractivity contribution in [2.75, 3.05) is 26.7 Å². The number of carbonyl (C=O) groups is 1. The lowest BCUT2D eigenvalue weighted by Gasteiger charge is -2.35. The van der Waals surface area contributed by atoms with Crippen molar-refractivity contribution >= 4 is 11.6 Å². The summed E-state index contributed by atoms with van der Waals surface area (Å²) in [6.07, 6.45) is 8.27. The van der Waals surface area contributed by atoms with Crippen LogP contribution in [-0.2, 0) is 17.8 Å². The molecule has 1 atom stereocenters. The Morgan fingerprint density at radius 3 is 2.70 bits per heavy atom. The van der Waals surface area contributed by atoms with Crippen molar-refractivity contribution < 1.29 is 9.53 Å². The normalized spacial score (nSPS) is 15.6. The number of pyridine rings is 1. The Bertz CT molecular complexity index is 1300. The van der Waals surface area contributed by atoms with Gasteiger partial charge in [-0.15, -0.1) is 0 Å². The molecule has 0 radical (unpaired) electrons. The Hall–Kier alpha value is -3.52. The van der Waals surface area contributed by atoms with E-state index in [1.54, 1.807) is 6.07 Å². The van der Waals surface area contributed by atoms with Crippen LogP contribution in [0.15, 0.2) is 85.3 Å². The van der Waals surface area contributed by atoms with E-state index in [0.29, 0.717) is 18.2 Å². The number of esters is 1. The fourth-order valence-corrected chi connectivity index (χ4v) is 5.11. The Morgan fingerprint density at radius 1 is 1.05 bits per heavy atom. The molecule has 192 valence electrons. The van der Waals surface area contributed by atoms with E-state index in [0.717, 1.165) is 50.2 Å². The number of fused-ring (bicyclic) bond motifs is 1. The van der Waals surface area contributed by atoms with Gasteiger partial charge in [-0.05, 0) is 60.8 Å². The predicted octanol–water partition coefficient (Wildman–Crippen LogP) is 4.21. The van der Waals surface area contributed by atoms with Gasteiger partial charge in [0.15, 0.2) is 0 Å². The minimum absolute atomic E-state index is 0.213. The van der Waals surface area contributed by atoms with E-state index in [1.807, 2.05) is 30.6 Å². The van der Waals surface area contributed by atoms with Crippen LogP contribution in [0.4, 0.5) is 0 Å². The Labute approximate surface area is 218 Å². The summed E-state index contributed by atoms with van der Waals surface area (Å²) < 4.78 is 6.94. The standard InChI is InChI=1S/C30H35N5O2/c1-37-30(36)26-9-5-6-23(18-26)19-31-20-28(25-7-3-2-4-8-25)33-27-12-15-34(16-13-27)21-24-10-11-29-32-14-17-35(29)22-24/h2-11,14,17-18,22,27-28,31,33H,12-13,15-16,19-21H2,1H3/t28-/m0/s1. The minimum atomic E-state index is -0.306. The number of piperidine rings is 1. The highest BCUT2D eigenvalue weighted by molar-refractivity contribution is 5.89. The van der Waals surface area contributed by atoms with Crippen LogP contribution in [0.3, 0.4) is 0 Å². The molecule has 1 saturated heterocycles. The number of nitrogens with one attached hydrogen (secondary N) is 2. The number of benzene rings is 2. The Kier molecular flexibility index (Phi) is 8.25. The van der Waals surface area contributed by atoms with Crippen molar-refractivity contribution in [3.8, 4) is 0 Å². The number of ether oxygens (including phenoxy) is 1. The lowest BCUT2D eigenvalue weighted by atomic mass is 10.00. The number of methoxy groups -OCH3 is 1. The lowest BCUT2D eigenvalue weighted by Crippen LogP contribution is -2.45. The molecule has 0 saturated carbocycles. The zero-order valence-electron chi connectivity index (χ0n) is 21.3. The van der Waals surface area contributed by atoms with Crippen LogP contribution < -0.4 is 10.6 Å². The average molecular weight is 498 g/mol. The van der Waals surface area contributed by atoms with Crippen LogP contribution in [0.1, 0.15) is 45.9 Å². The molecule has 2 aromatic heterocycles. The van der Waals surface area contributed by atoms with Crippen molar-refractivity contribution in [3.05, 3.63) is 108 Å². The SMILES string of the molecule is COC(=O)c1cccc(CNC[C@H](NC2CCN(Cc3ccc4nccn4c3)CC2)c2ccccc2)c1. The van der Waals surface area contributed by atoms with Crippen LogP contribution in [0.25, 0.3) is 5.65 Å². The number of rotatable bonds is 10. The monoisotopic (exact) mass is 497 g/mol. The molecule has 0 amide bonds. The number of likely N-dealkylation sites (tertiary alicyclic amines) is 1. The lowest BCUT2D eigenvalue weighted by molar-refractivity contribution is 0.0600. The van der Waals surface area contributed by atoms with Crippen molar-refractivity contribution in [2.45, 2.75) is 38.0 Å². The maximum Gasteiger partial charge on any atom is 0.337 e. The number of carbonyl (C=O) groups excluding carboxylic acids is 1. The molecule has 3 heterocycles. The van der Waals surface area contributed by atoms with Gasteiger partial charge in [0.1, 0.15) is 5.65 Å². The van der Waals surface area contributed by atoms with E-state index >= 15 is 0 Å². The molecule has 0 unspecified atom stereocenters. The van der Waals surface area contributed by atoms with Gasteiger partial charge in [0.05, 0.1) is 12.7 Å². The van der Waals surface area contributed by atoms with Gasteiger partial charge in [-0.2, -0.15) is 0 Å². The van der Waals surface area contributed by atoms with Gasteiger partial charge >= 0.3 is 5.97 Å². The first kappa shape index (κ1) is 25.1. The fourth-order valence-electron chi connectivity index (χ4n) is 5.11. The van der Waals surface area contributed by atoms with Gasteiger partial charge in [0.25, 0.3) is 0 Å². The van der Waals surface area contributed by atoms with Crippen LogP contribution >= 0.6 is 0 Å². The summed E-state index contributed by atoms with van der Waals surface area (Å²) in [7, 11) is 1.41. The largest absolute Gasteiger partial charge is 0.465 e. The smallest absolute Gasteiger partial charge is 0.337 e. The Morgan fingerprint density at radius 2 is 1.89 bits per heavy atom. The molecule has 0 aliphatic carbocycles. The van der Waals surface area contributed by atoms with Gasteiger partial charge in [-0.3, -0.25) is 4.90 Å². The van der Waals surface area contributed by atoms with Crippen molar-refractivity contribution in [1.82, 2.24) is 24.9 Å². The van der Waals surface area contributed by atoms with E-state index in [1.165, 1.54) is 18.2 Å². The molecule has 1 aliphatic heterocycles. The minimum Gasteiger partial charge on any atom is -0.465 e. The molecular formula is C30H35N5O2. The van der Waals surface area contributed by atoms with Crippen LogP contribution in [0.5, 0.6) is 0 Å². The molecule has 0 spiro atoms. The molecule has 7 heteroatoms. The number of hydrogen-bond donors (Lipinski definition) is 2. The zero-order chi connectivity index (χ0) is 25.5. The van der Waals surface area contributed by atoms with Crippen molar-refractivity contribution in [2.24, 2.45) is 0 Å². The molecule has 37 heavy (non-hydrogen) atoms. The van der Waals surface area contributed by atoms with Gasteiger partial charge in [-0.25, -0.2) is 9.78 Å². The predicted molar refractivity (Wildman–Crippen MR) is 145 cm³/mol. The molecular weight excluding hydrogens is 462 g/mol. The first-order chi connectivity index (χ1) is 18.2. The first-order valence-corrected chi connectivity index (χ1v) is 13.0. The van der Waals surface area contributed by atoms with Crippen molar-refractivity contribution in [3.63, 3.8) is 0 Å². The summed E-state index contributed by atoms with van der Waals surface area (Å²) in [6, 6.07) is 23.2. The fraction of sp³-hybridized carbons (Fsp3) is 0.333. The third kappa shape index (κ3) is 6.63. The van der Waals surface area contributed by atoms with Crippen LogP contribution in [0, 0.1) is 0 Å². The second-order valence-electron chi connectivity index (χ2n) is 9.73. The number of nitrogens with zero attached hydrogens (tertiary/aromatic N) is 3. The van der Waals surface area contributed by atoms with Gasteiger partial charge in [-0.1, -0.05) is 48.5 Å². The van der Waals surface area contributed by atoms with Crippen molar-refractivity contribution in [1.29, 1.82) is 0 Å². The van der Waals surface area contributed by atoms with Crippen LogP contribution in [-0.4, -0.2) is 53.0 Å². The highest BCUT2D eigenvalue weighted by Gasteiger charge is 2.22. The number of aromatic nitrogens is 2.